The van der Waals surface area contributed by atoms with E-state index in [1.165, 1.54) is 6.07 Å². The van der Waals surface area contributed by atoms with Crippen LogP contribution in [0.5, 0.6) is 5.75 Å². The molecule has 1 heterocycles. The Balaban J connectivity index is 1.59. The molecule has 0 saturated carbocycles. The van der Waals surface area contributed by atoms with Crippen LogP contribution in [-0.2, 0) is 16.4 Å². The Morgan fingerprint density at radius 3 is 2.61 bits per heavy atom. The van der Waals surface area contributed by atoms with Gasteiger partial charge in [0.05, 0.1) is 22.8 Å². The number of thiophene rings is 1. The van der Waals surface area contributed by atoms with Gasteiger partial charge in [-0.15, -0.1) is 11.3 Å². The van der Waals surface area contributed by atoms with Crippen molar-refractivity contribution in [3.05, 3.63) is 76.1 Å². The standard InChI is InChI=1S/C19H18ClN3O3S2/c20-18-8-9-19(27-18)28(24,25)23-16-2-1-3-17(12-16)26-11-10-14-4-6-15(7-5-14)13-22-21/h1-9,12-13,23H,10-11,21H2. The van der Waals surface area contributed by atoms with Gasteiger partial charge in [-0.2, -0.15) is 5.10 Å². The highest BCUT2D eigenvalue weighted by Crippen LogP contribution is 2.28. The van der Waals surface area contributed by atoms with Crippen LogP contribution in [0, 0.1) is 0 Å². The van der Waals surface area contributed by atoms with E-state index in [1.54, 1.807) is 36.5 Å². The molecule has 0 bridgehead atoms. The zero-order chi connectivity index (χ0) is 20.0. The van der Waals surface area contributed by atoms with Crippen molar-refractivity contribution in [2.24, 2.45) is 10.9 Å². The number of hydrogen-bond acceptors (Lipinski definition) is 6. The minimum Gasteiger partial charge on any atom is -0.493 e. The smallest absolute Gasteiger partial charge is 0.271 e. The monoisotopic (exact) mass is 435 g/mol. The summed E-state index contributed by atoms with van der Waals surface area (Å²) >= 11 is 6.82. The Bertz CT molecular complexity index is 1060. The topological polar surface area (TPSA) is 93.8 Å². The Hall–Kier alpha value is -2.55. The number of hydrogen-bond donors (Lipinski definition) is 2. The van der Waals surface area contributed by atoms with Gasteiger partial charge in [0.25, 0.3) is 10.0 Å². The molecule has 0 atom stereocenters. The Labute approximate surface area is 172 Å². The summed E-state index contributed by atoms with van der Waals surface area (Å²) in [6.07, 6.45) is 2.29. The number of rotatable bonds is 8. The molecule has 0 unspecified atom stereocenters. The van der Waals surface area contributed by atoms with Crippen molar-refractivity contribution in [2.45, 2.75) is 10.6 Å². The van der Waals surface area contributed by atoms with Crippen LogP contribution in [-0.4, -0.2) is 21.2 Å². The molecule has 3 rings (SSSR count). The highest BCUT2D eigenvalue weighted by Gasteiger charge is 2.16. The largest absolute Gasteiger partial charge is 0.493 e. The van der Waals surface area contributed by atoms with Gasteiger partial charge in [-0.1, -0.05) is 41.9 Å². The van der Waals surface area contributed by atoms with Gasteiger partial charge in [0, 0.05) is 12.5 Å². The molecule has 0 spiro atoms. The van der Waals surface area contributed by atoms with E-state index in [2.05, 4.69) is 9.82 Å². The number of ether oxygens (including phenoxy) is 1. The number of halogens is 1. The molecule has 0 aliphatic heterocycles. The van der Waals surface area contributed by atoms with Crippen molar-refractivity contribution in [2.75, 3.05) is 11.3 Å². The maximum absolute atomic E-state index is 12.4. The molecule has 0 aliphatic rings. The molecule has 0 saturated heterocycles. The van der Waals surface area contributed by atoms with Crippen molar-refractivity contribution >= 4 is 44.9 Å². The second-order valence-corrected chi connectivity index (χ2v) is 9.43. The van der Waals surface area contributed by atoms with E-state index in [0.29, 0.717) is 28.8 Å². The summed E-state index contributed by atoms with van der Waals surface area (Å²) in [4.78, 5) is 0. The van der Waals surface area contributed by atoms with Gasteiger partial charge in [0.15, 0.2) is 0 Å². The lowest BCUT2D eigenvalue weighted by Crippen LogP contribution is -2.11. The van der Waals surface area contributed by atoms with Crippen LogP contribution in [0.2, 0.25) is 4.34 Å². The van der Waals surface area contributed by atoms with Crippen molar-refractivity contribution in [1.82, 2.24) is 0 Å². The summed E-state index contributed by atoms with van der Waals surface area (Å²) in [5.41, 5.74) is 2.47. The summed E-state index contributed by atoms with van der Waals surface area (Å²) in [6, 6.07) is 17.7. The minimum absolute atomic E-state index is 0.159. The molecule has 28 heavy (non-hydrogen) atoms. The molecule has 0 amide bonds. The summed E-state index contributed by atoms with van der Waals surface area (Å²) in [6.45, 7) is 0.459. The van der Waals surface area contributed by atoms with Crippen molar-refractivity contribution in [3.8, 4) is 5.75 Å². The van der Waals surface area contributed by atoms with E-state index in [-0.39, 0.29) is 4.21 Å². The fourth-order valence-corrected chi connectivity index (χ4v) is 4.97. The first-order valence-corrected chi connectivity index (χ1v) is 11.0. The molecule has 146 valence electrons. The Morgan fingerprint density at radius 2 is 1.93 bits per heavy atom. The quantitative estimate of drug-likeness (QED) is 0.316. The van der Waals surface area contributed by atoms with E-state index in [1.807, 2.05) is 24.3 Å². The van der Waals surface area contributed by atoms with Crippen LogP contribution in [0.3, 0.4) is 0 Å². The molecule has 3 N–H and O–H groups in total. The third-order valence-electron chi connectivity index (χ3n) is 3.76. The molecule has 6 nitrogen and oxygen atoms in total. The second-order valence-electron chi connectivity index (χ2n) is 5.81. The third kappa shape index (κ3) is 5.48. The molecule has 2 aromatic carbocycles. The Kier molecular flexibility index (Phi) is 6.56. The van der Waals surface area contributed by atoms with Gasteiger partial charge >= 0.3 is 0 Å². The number of benzene rings is 2. The molecular formula is C19H18ClN3O3S2. The molecule has 0 fully saturated rings. The van der Waals surface area contributed by atoms with Crippen molar-refractivity contribution in [3.63, 3.8) is 0 Å². The fraction of sp³-hybridized carbons (Fsp3) is 0.105. The fourth-order valence-electron chi connectivity index (χ4n) is 2.44. The van der Waals surface area contributed by atoms with E-state index in [0.717, 1.165) is 22.5 Å². The first-order chi connectivity index (χ1) is 13.5. The average molecular weight is 436 g/mol. The van der Waals surface area contributed by atoms with Gasteiger partial charge in [-0.05, 0) is 35.4 Å². The first-order valence-electron chi connectivity index (χ1n) is 8.29. The molecular weight excluding hydrogens is 418 g/mol. The van der Waals surface area contributed by atoms with E-state index < -0.39 is 10.0 Å². The van der Waals surface area contributed by atoms with Gasteiger partial charge in [0.1, 0.15) is 9.96 Å². The zero-order valence-corrected chi connectivity index (χ0v) is 17.1. The van der Waals surface area contributed by atoms with Crippen LogP contribution < -0.4 is 15.3 Å². The van der Waals surface area contributed by atoms with Crippen molar-refractivity contribution < 1.29 is 13.2 Å². The lowest BCUT2D eigenvalue weighted by atomic mass is 10.1. The van der Waals surface area contributed by atoms with E-state index in [9.17, 15) is 8.42 Å². The molecule has 9 heteroatoms. The Morgan fingerprint density at radius 1 is 1.14 bits per heavy atom. The highest BCUT2D eigenvalue weighted by atomic mass is 35.5. The SMILES string of the molecule is NN=Cc1ccc(CCOc2cccc(NS(=O)(=O)c3ccc(Cl)s3)c2)cc1. The zero-order valence-electron chi connectivity index (χ0n) is 14.7. The number of sulfonamides is 1. The lowest BCUT2D eigenvalue weighted by molar-refractivity contribution is 0.322. The molecule has 0 aliphatic carbocycles. The maximum atomic E-state index is 12.4. The second kappa shape index (κ2) is 9.09. The number of nitrogens with one attached hydrogen (secondary N) is 1. The average Bonchev–Trinajstić information content (AvgIpc) is 3.11. The van der Waals surface area contributed by atoms with Gasteiger partial charge in [0.2, 0.25) is 0 Å². The van der Waals surface area contributed by atoms with Crippen LogP contribution >= 0.6 is 22.9 Å². The first kappa shape index (κ1) is 20.2. The van der Waals surface area contributed by atoms with E-state index >= 15 is 0 Å². The summed E-state index contributed by atoms with van der Waals surface area (Å²) in [5.74, 6) is 5.71. The molecule has 0 radical (unpaired) electrons. The van der Waals surface area contributed by atoms with Crippen LogP contribution in [0.1, 0.15) is 11.1 Å². The normalized spacial score (nSPS) is 11.6. The summed E-state index contributed by atoms with van der Waals surface area (Å²) < 4.78 is 33.6. The van der Waals surface area contributed by atoms with Crippen LogP contribution in [0.25, 0.3) is 0 Å². The van der Waals surface area contributed by atoms with Crippen LogP contribution in [0.4, 0.5) is 5.69 Å². The third-order valence-corrected chi connectivity index (χ3v) is 6.87. The van der Waals surface area contributed by atoms with Crippen molar-refractivity contribution in [1.29, 1.82) is 0 Å². The van der Waals surface area contributed by atoms with E-state index in [4.69, 9.17) is 22.2 Å². The predicted octanol–water partition coefficient (Wildman–Crippen LogP) is 4.12. The maximum Gasteiger partial charge on any atom is 0.271 e. The van der Waals surface area contributed by atoms with Gasteiger partial charge in [-0.3, -0.25) is 4.72 Å². The molecule has 1 aromatic heterocycles. The number of nitrogens with zero attached hydrogens (tertiary/aromatic N) is 1. The molecule has 3 aromatic rings. The van der Waals surface area contributed by atoms with Crippen LogP contribution in [0.15, 0.2) is 70.0 Å². The van der Waals surface area contributed by atoms with Gasteiger partial charge in [-0.25, -0.2) is 8.42 Å². The minimum atomic E-state index is -3.67. The lowest BCUT2D eigenvalue weighted by Gasteiger charge is -2.10. The number of hydrazone groups is 1. The predicted molar refractivity (Wildman–Crippen MR) is 114 cm³/mol. The summed E-state index contributed by atoms with van der Waals surface area (Å²) in [7, 11) is -3.67. The summed E-state index contributed by atoms with van der Waals surface area (Å²) in [5, 5.41) is 3.49. The number of nitrogens with two attached hydrogens (primary N) is 1. The number of anilines is 1. The highest BCUT2D eigenvalue weighted by molar-refractivity contribution is 7.94. The van der Waals surface area contributed by atoms with Gasteiger partial charge < -0.3 is 10.6 Å².